The number of methoxy groups -OCH3 is 2. The molecule has 0 fully saturated rings. The summed E-state index contributed by atoms with van der Waals surface area (Å²) in [5.74, 6) is 0.533. The third kappa shape index (κ3) is 10.0. The molecule has 9 nitrogen and oxygen atoms in total. The van der Waals surface area contributed by atoms with E-state index in [1.165, 1.54) is 11.4 Å². The van der Waals surface area contributed by atoms with E-state index in [2.05, 4.69) is 5.32 Å². The van der Waals surface area contributed by atoms with E-state index in [-0.39, 0.29) is 37.7 Å². The van der Waals surface area contributed by atoms with Crippen LogP contribution in [0.5, 0.6) is 11.5 Å². The number of nitrogens with zero attached hydrogens (tertiary/aromatic N) is 2. The Morgan fingerprint density at radius 3 is 2.16 bits per heavy atom. The number of para-hydroxylation sites is 2. The number of nitrogens with one attached hydrogen (secondary N) is 1. The van der Waals surface area contributed by atoms with E-state index in [0.717, 1.165) is 17.4 Å². The maximum atomic E-state index is 14.0. The van der Waals surface area contributed by atoms with Gasteiger partial charge in [-0.3, -0.25) is 13.9 Å². The van der Waals surface area contributed by atoms with Gasteiger partial charge in [0.2, 0.25) is 21.8 Å². The van der Waals surface area contributed by atoms with Crippen molar-refractivity contribution in [1.29, 1.82) is 0 Å². The van der Waals surface area contributed by atoms with Gasteiger partial charge in [-0.2, -0.15) is 0 Å². The molecule has 3 aromatic carbocycles. The average Bonchev–Trinajstić information content (AvgIpc) is 2.96. The third-order valence-corrected chi connectivity index (χ3v) is 7.94. The summed E-state index contributed by atoms with van der Waals surface area (Å²) in [5, 5.41) is 3.05. The Labute approximate surface area is 255 Å². The molecule has 0 unspecified atom stereocenters. The van der Waals surface area contributed by atoms with Crippen LogP contribution in [0.3, 0.4) is 0 Å². The van der Waals surface area contributed by atoms with Crippen molar-refractivity contribution < 1.29 is 27.5 Å². The van der Waals surface area contributed by atoms with Crippen LogP contribution >= 0.6 is 0 Å². The lowest BCUT2D eigenvalue weighted by Crippen LogP contribution is -2.54. The van der Waals surface area contributed by atoms with E-state index in [4.69, 9.17) is 9.47 Å². The second-order valence-electron chi connectivity index (χ2n) is 11.4. The number of benzene rings is 3. The number of ether oxygens (including phenoxy) is 2. The van der Waals surface area contributed by atoms with E-state index >= 15 is 0 Å². The van der Waals surface area contributed by atoms with Crippen LogP contribution in [0.15, 0.2) is 78.9 Å². The Hall–Kier alpha value is -4.05. The SMILES string of the molecule is COc1cccc(CN(C(=O)CCCN(c2ccccc2OC)S(C)(=O)=O)[C@@H](Cc2ccccc2)C(=O)NC(C)(C)C)c1. The van der Waals surface area contributed by atoms with Crippen molar-refractivity contribution in [3.05, 3.63) is 90.0 Å². The first-order valence-electron chi connectivity index (χ1n) is 14.2. The maximum absolute atomic E-state index is 14.0. The molecule has 0 aliphatic rings. The minimum Gasteiger partial charge on any atom is -0.497 e. The summed E-state index contributed by atoms with van der Waals surface area (Å²) in [7, 11) is -0.609. The van der Waals surface area contributed by atoms with Gasteiger partial charge < -0.3 is 19.7 Å². The highest BCUT2D eigenvalue weighted by Crippen LogP contribution is 2.30. The molecule has 0 saturated heterocycles. The van der Waals surface area contributed by atoms with Crippen LogP contribution in [0.2, 0.25) is 0 Å². The Balaban J connectivity index is 1.94. The van der Waals surface area contributed by atoms with Gasteiger partial charge in [0.1, 0.15) is 17.5 Å². The topological polar surface area (TPSA) is 105 Å². The lowest BCUT2D eigenvalue weighted by Gasteiger charge is -2.34. The minimum absolute atomic E-state index is 0.0270. The molecule has 0 aliphatic heterocycles. The molecular weight excluding hydrogens is 566 g/mol. The molecule has 1 atom stereocenters. The number of amides is 2. The minimum atomic E-state index is -3.67. The van der Waals surface area contributed by atoms with Gasteiger partial charge in [0.15, 0.2) is 0 Å². The largest absolute Gasteiger partial charge is 0.497 e. The number of anilines is 1. The zero-order valence-corrected chi connectivity index (χ0v) is 26.7. The predicted octanol–water partition coefficient (Wildman–Crippen LogP) is 4.80. The summed E-state index contributed by atoms with van der Waals surface area (Å²) >= 11 is 0. The molecule has 0 spiro atoms. The van der Waals surface area contributed by atoms with Crippen molar-refractivity contribution in [1.82, 2.24) is 10.2 Å². The maximum Gasteiger partial charge on any atom is 0.243 e. The smallest absolute Gasteiger partial charge is 0.243 e. The number of sulfonamides is 1. The van der Waals surface area contributed by atoms with Gasteiger partial charge in [-0.05, 0) is 62.6 Å². The van der Waals surface area contributed by atoms with Gasteiger partial charge >= 0.3 is 0 Å². The Morgan fingerprint density at radius 1 is 0.884 bits per heavy atom. The van der Waals surface area contributed by atoms with E-state index in [1.807, 2.05) is 75.4 Å². The second kappa shape index (κ2) is 14.9. The molecule has 2 amide bonds. The van der Waals surface area contributed by atoms with Crippen LogP contribution < -0.4 is 19.1 Å². The second-order valence-corrected chi connectivity index (χ2v) is 13.3. The van der Waals surface area contributed by atoms with Crippen molar-refractivity contribution in [2.45, 2.75) is 58.2 Å². The van der Waals surface area contributed by atoms with E-state index < -0.39 is 21.6 Å². The van der Waals surface area contributed by atoms with Crippen LogP contribution in [0.4, 0.5) is 5.69 Å². The van der Waals surface area contributed by atoms with Crippen LogP contribution in [0.1, 0.15) is 44.7 Å². The molecule has 0 aromatic heterocycles. The zero-order chi connectivity index (χ0) is 31.6. The number of hydrogen-bond donors (Lipinski definition) is 1. The molecule has 1 N–H and O–H groups in total. The van der Waals surface area contributed by atoms with Gasteiger partial charge in [0.25, 0.3) is 0 Å². The van der Waals surface area contributed by atoms with Crippen molar-refractivity contribution in [3.8, 4) is 11.5 Å². The van der Waals surface area contributed by atoms with Crippen molar-refractivity contribution >= 4 is 27.5 Å². The van der Waals surface area contributed by atoms with Gasteiger partial charge in [-0.1, -0.05) is 54.6 Å². The average molecular weight is 610 g/mol. The molecule has 0 bridgehead atoms. The standard InChI is InChI=1S/C33H43N3O6S/c1-33(2,3)34-32(38)29(23-25-14-8-7-9-15-25)35(24-26-16-12-17-27(22-26)41-4)31(37)20-13-21-36(43(6,39)40)28-18-10-11-19-30(28)42-5/h7-12,14-19,22,29H,13,20-21,23-24H2,1-6H3,(H,34,38)/t29-/m0/s1. The molecule has 10 heteroatoms. The molecule has 232 valence electrons. The summed E-state index contributed by atoms with van der Waals surface area (Å²) in [6.45, 7) is 5.94. The first-order valence-corrected chi connectivity index (χ1v) is 16.1. The number of carbonyl (C=O) groups excluding carboxylic acids is 2. The third-order valence-electron chi connectivity index (χ3n) is 6.76. The fourth-order valence-corrected chi connectivity index (χ4v) is 5.76. The molecule has 0 radical (unpaired) electrons. The van der Waals surface area contributed by atoms with Crippen molar-refractivity contribution in [2.75, 3.05) is 31.3 Å². The Kier molecular flexibility index (Phi) is 11.6. The van der Waals surface area contributed by atoms with E-state index in [9.17, 15) is 18.0 Å². The van der Waals surface area contributed by atoms with Crippen LogP contribution in [0, 0.1) is 0 Å². The summed E-state index contributed by atoms with van der Waals surface area (Å²) in [5.41, 5.74) is 1.61. The van der Waals surface area contributed by atoms with Gasteiger partial charge in [0.05, 0.1) is 26.2 Å². The first-order chi connectivity index (χ1) is 20.3. The highest BCUT2D eigenvalue weighted by molar-refractivity contribution is 7.92. The van der Waals surface area contributed by atoms with Crippen molar-refractivity contribution in [3.63, 3.8) is 0 Å². The summed E-state index contributed by atoms with van der Waals surface area (Å²) in [6.07, 6.45) is 1.70. The Morgan fingerprint density at radius 2 is 1.53 bits per heavy atom. The quantitative estimate of drug-likeness (QED) is 0.282. The van der Waals surface area contributed by atoms with Crippen LogP contribution in [0.25, 0.3) is 0 Å². The summed E-state index contributed by atoms with van der Waals surface area (Å²) < 4.78 is 37.5. The molecular formula is C33H43N3O6S. The fraction of sp³-hybridized carbons (Fsp3) is 0.394. The number of carbonyl (C=O) groups is 2. The molecule has 0 heterocycles. The molecule has 0 aliphatic carbocycles. The number of rotatable bonds is 14. The highest BCUT2D eigenvalue weighted by Gasteiger charge is 2.32. The van der Waals surface area contributed by atoms with Gasteiger partial charge in [-0.15, -0.1) is 0 Å². The highest BCUT2D eigenvalue weighted by atomic mass is 32.2. The molecule has 3 rings (SSSR count). The van der Waals surface area contributed by atoms with E-state index in [0.29, 0.717) is 23.6 Å². The van der Waals surface area contributed by atoms with Crippen molar-refractivity contribution in [2.24, 2.45) is 0 Å². The summed E-state index contributed by atoms with van der Waals surface area (Å²) in [4.78, 5) is 29.4. The predicted molar refractivity (Wildman–Crippen MR) is 170 cm³/mol. The molecule has 3 aromatic rings. The fourth-order valence-electron chi connectivity index (χ4n) is 4.79. The molecule has 43 heavy (non-hydrogen) atoms. The van der Waals surface area contributed by atoms with Gasteiger partial charge in [0, 0.05) is 31.5 Å². The van der Waals surface area contributed by atoms with E-state index in [1.54, 1.807) is 36.3 Å². The van der Waals surface area contributed by atoms with Crippen LogP contribution in [-0.4, -0.2) is 63.7 Å². The lowest BCUT2D eigenvalue weighted by molar-refractivity contribution is -0.142. The number of hydrogen-bond acceptors (Lipinski definition) is 6. The van der Waals surface area contributed by atoms with Gasteiger partial charge in [-0.25, -0.2) is 8.42 Å². The molecule has 0 saturated carbocycles. The monoisotopic (exact) mass is 609 g/mol. The first kappa shape index (κ1) is 33.5. The van der Waals surface area contributed by atoms with Crippen LogP contribution in [-0.2, 0) is 32.6 Å². The normalized spacial score (nSPS) is 12.2. The lowest BCUT2D eigenvalue weighted by atomic mass is 10.00. The zero-order valence-electron chi connectivity index (χ0n) is 25.9. The summed E-state index contributed by atoms with van der Waals surface area (Å²) in [6, 6.07) is 23.0. The Bertz CT molecular complexity index is 1470.